The van der Waals surface area contributed by atoms with Gasteiger partial charge < -0.3 is 44.1 Å². The van der Waals surface area contributed by atoms with Crippen LogP contribution in [0.15, 0.2) is 42.5 Å². The number of esters is 1. The summed E-state index contributed by atoms with van der Waals surface area (Å²) in [5.41, 5.74) is -3.13. The number of phenolic OH excluding ortho intramolecular Hbond substituents is 2. The minimum Gasteiger partial charge on any atom is -0.508 e. The maximum atomic E-state index is 13.7. The van der Waals surface area contributed by atoms with Gasteiger partial charge in [-0.3, -0.25) is 0 Å². The fourth-order valence-electron chi connectivity index (χ4n) is 7.08. The van der Waals surface area contributed by atoms with E-state index >= 15 is 0 Å². The summed E-state index contributed by atoms with van der Waals surface area (Å²) in [5, 5.41) is 49.8. The molecule has 0 saturated heterocycles. The topological polar surface area (TPSA) is 144 Å². The molecule has 0 unspecified atom stereocenters. The van der Waals surface area contributed by atoms with Gasteiger partial charge in [-0.25, -0.2) is 4.79 Å². The van der Waals surface area contributed by atoms with E-state index in [0.717, 1.165) is 12.5 Å². The molecular formula is C35H32O10. The highest BCUT2D eigenvalue weighted by Crippen LogP contribution is 2.64. The molecule has 2 aliphatic rings. The van der Waals surface area contributed by atoms with E-state index in [-0.39, 0.29) is 34.1 Å². The molecule has 1 aliphatic heterocycles. The Morgan fingerprint density at radius 1 is 0.711 bits per heavy atom. The second-order valence-electron chi connectivity index (χ2n) is 12.0. The third kappa shape index (κ3) is 3.33. The summed E-state index contributed by atoms with van der Waals surface area (Å²) >= 11 is 0. The molecule has 3 atom stereocenters. The van der Waals surface area contributed by atoms with Crippen LogP contribution in [-0.2, 0) is 20.9 Å². The molecule has 1 spiro atoms. The first-order valence-electron chi connectivity index (χ1n) is 14.3. The van der Waals surface area contributed by atoms with Gasteiger partial charge in [0.1, 0.15) is 28.6 Å². The minimum atomic E-state index is -2.84. The number of carbonyl (C=O) groups excluding carboxylic acids is 1. The van der Waals surface area contributed by atoms with E-state index < -0.39 is 23.0 Å². The van der Waals surface area contributed by atoms with Crippen molar-refractivity contribution in [1.82, 2.24) is 0 Å². The van der Waals surface area contributed by atoms with Crippen LogP contribution in [0.3, 0.4) is 0 Å². The van der Waals surface area contributed by atoms with E-state index in [1.807, 2.05) is 12.1 Å². The minimum absolute atomic E-state index is 0.0626. The van der Waals surface area contributed by atoms with E-state index in [0.29, 0.717) is 55.1 Å². The number of aromatic hydroxyl groups is 2. The zero-order valence-electron chi connectivity index (χ0n) is 25.8. The molecule has 1 heterocycles. The van der Waals surface area contributed by atoms with Crippen LogP contribution in [0.4, 0.5) is 0 Å². The maximum absolute atomic E-state index is 13.7. The van der Waals surface area contributed by atoms with Crippen LogP contribution < -0.4 is 18.9 Å². The number of ether oxygens (including phenoxy) is 5. The molecular weight excluding hydrogens is 580 g/mol. The second-order valence-corrected chi connectivity index (χ2v) is 12.0. The van der Waals surface area contributed by atoms with Crippen molar-refractivity contribution in [2.75, 3.05) is 21.3 Å². The van der Waals surface area contributed by atoms with Crippen molar-refractivity contribution in [1.29, 1.82) is 0 Å². The molecule has 4 N–H and O–H groups in total. The number of aliphatic hydroxyl groups is 2. The monoisotopic (exact) mass is 612 g/mol. The number of phenols is 2. The first-order valence-corrected chi connectivity index (χ1v) is 14.3. The van der Waals surface area contributed by atoms with Crippen molar-refractivity contribution in [2.24, 2.45) is 0 Å². The van der Waals surface area contributed by atoms with E-state index in [4.69, 9.17) is 23.7 Å². The fraction of sp³-hybridized carbons (Fsp3) is 0.286. The van der Waals surface area contributed by atoms with Crippen molar-refractivity contribution in [3.05, 3.63) is 70.3 Å². The first kappa shape index (κ1) is 28.8. The van der Waals surface area contributed by atoms with Gasteiger partial charge in [-0.2, -0.15) is 0 Å². The van der Waals surface area contributed by atoms with Gasteiger partial charge in [0.15, 0.2) is 11.5 Å². The zero-order chi connectivity index (χ0) is 32.4. The van der Waals surface area contributed by atoms with Crippen LogP contribution in [0, 0.1) is 20.8 Å². The Balaban J connectivity index is 1.60. The highest BCUT2D eigenvalue weighted by Gasteiger charge is 2.79. The van der Waals surface area contributed by atoms with Crippen LogP contribution >= 0.6 is 0 Å². The Bertz CT molecular complexity index is 2150. The van der Waals surface area contributed by atoms with Crippen molar-refractivity contribution in [2.45, 2.75) is 44.7 Å². The Morgan fingerprint density at radius 3 is 1.87 bits per heavy atom. The summed E-state index contributed by atoms with van der Waals surface area (Å²) in [6.07, 6.45) is 0. The number of aryl methyl sites for hydroxylation is 3. The molecule has 7 rings (SSSR count). The molecule has 1 aliphatic carbocycles. The maximum Gasteiger partial charge on any atom is 0.350 e. The van der Waals surface area contributed by atoms with E-state index in [2.05, 4.69) is 0 Å². The lowest BCUT2D eigenvalue weighted by Crippen LogP contribution is -2.67. The molecule has 0 bridgehead atoms. The Morgan fingerprint density at radius 2 is 1.27 bits per heavy atom. The standard InChI is InChI=1S/C35H32O10/c1-15-8-21-19(10-25(15)36)20-13-29-31(17(3)18(20)12-27(21)41-5)45-35(44-29)30-23-11-26(37)16(2)9-22(23)28(42-6)14-24(30)33(4,39)34(35,40)32(38)43-7/h8-14,36-37,39-40H,1-7H3/t33-,34+,35+/m1/s1. The summed E-state index contributed by atoms with van der Waals surface area (Å²) in [6, 6.07) is 11.7. The van der Waals surface area contributed by atoms with Crippen LogP contribution in [0.2, 0.25) is 0 Å². The summed E-state index contributed by atoms with van der Waals surface area (Å²) in [7, 11) is 4.11. The third-order valence-electron chi connectivity index (χ3n) is 9.57. The van der Waals surface area contributed by atoms with E-state index in [9.17, 15) is 25.2 Å². The van der Waals surface area contributed by atoms with Crippen molar-refractivity contribution in [3.63, 3.8) is 0 Å². The van der Waals surface area contributed by atoms with Crippen LogP contribution in [-0.4, -0.2) is 53.3 Å². The second kappa shape index (κ2) is 9.06. The average Bonchev–Trinajstić information content (AvgIpc) is 3.46. The lowest BCUT2D eigenvalue weighted by atomic mass is 9.81. The van der Waals surface area contributed by atoms with Crippen LogP contribution in [0.5, 0.6) is 34.5 Å². The first-order chi connectivity index (χ1) is 21.2. The van der Waals surface area contributed by atoms with Gasteiger partial charge in [0.2, 0.25) is 0 Å². The van der Waals surface area contributed by atoms with Crippen molar-refractivity contribution < 1.29 is 48.9 Å². The largest absolute Gasteiger partial charge is 0.508 e. The van der Waals surface area contributed by atoms with Gasteiger partial charge in [-0.1, -0.05) is 0 Å². The molecule has 232 valence electrons. The third-order valence-corrected chi connectivity index (χ3v) is 9.57. The highest BCUT2D eigenvalue weighted by atomic mass is 16.8. The quantitative estimate of drug-likeness (QED) is 0.158. The van der Waals surface area contributed by atoms with Gasteiger partial charge in [0.05, 0.1) is 26.9 Å². The lowest BCUT2D eigenvalue weighted by Gasteiger charge is -2.40. The van der Waals surface area contributed by atoms with Gasteiger partial charge in [0, 0.05) is 27.3 Å². The van der Waals surface area contributed by atoms with Crippen LogP contribution in [0.1, 0.15) is 34.7 Å². The SMILES string of the molecule is COC(=O)[C@@]1(O)[C@]2(Oc3cc4c(cc(OC)c5cc(C)c(O)cc54)c(C)c3O2)c2c(cc(OC)c3cc(C)c(O)cc23)[C@@]1(C)O. The number of methoxy groups -OCH3 is 3. The van der Waals surface area contributed by atoms with Crippen molar-refractivity contribution >= 4 is 38.3 Å². The predicted molar refractivity (Wildman–Crippen MR) is 166 cm³/mol. The average molecular weight is 613 g/mol. The molecule has 0 radical (unpaired) electrons. The molecule has 5 aromatic rings. The molecule has 5 aromatic carbocycles. The summed E-state index contributed by atoms with van der Waals surface area (Å²) in [6.45, 7) is 6.60. The van der Waals surface area contributed by atoms with Crippen molar-refractivity contribution in [3.8, 4) is 34.5 Å². The van der Waals surface area contributed by atoms with E-state index in [1.165, 1.54) is 26.2 Å². The fourth-order valence-corrected chi connectivity index (χ4v) is 7.08. The molecule has 10 nitrogen and oxygen atoms in total. The van der Waals surface area contributed by atoms with Gasteiger partial charge >= 0.3 is 11.8 Å². The molecule has 45 heavy (non-hydrogen) atoms. The molecule has 0 fully saturated rings. The molecule has 0 aromatic heterocycles. The number of hydrogen-bond acceptors (Lipinski definition) is 10. The zero-order valence-corrected chi connectivity index (χ0v) is 25.8. The summed E-state index contributed by atoms with van der Waals surface area (Å²) < 4.78 is 29.7. The number of fused-ring (bicyclic) bond motifs is 8. The highest BCUT2D eigenvalue weighted by molar-refractivity contribution is 6.13. The Kier molecular flexibility index (Phi) is 5.80. The Hall–Kier alpha value is -4.93. The molecule has 10 heteroatoms. The smallest absolute Gasteiger partial charge is 0.350 e. The number of hydrogen-bond donors (Lipinski definition) is 4. The molecule has 0 amide bonds. The van der Waals surface area contributed by atoms with Gasteiger partial charge in [-0.05, 0) is 97.4 Å². The van der Waals surface area contributed by atoms with Crippen LogP contribution in [0.25, 0.3) is 32.3 Å². The number of rotatable bonds is 3. The lowest BCUT2D eigenvalue weighted by molar-refractivity contribution is -0.278. The normalized spacial score (nSPS) is 23.2. The number of carbonyl (C=O) groups is 1. The molecule has 0 saturated carbocycles. The predicted octanol–water partition coefficient (Wildman–Crippen LogP) is 5.25. The number of benzene rings is 5. The Labute approximate surface area is 257 Å². The van der Waals surface area contributed by atoms with E-state index in [1.54, 1.807) is 46.1 Å². The summed E-state index contributed by atoms with van der Waals surface area (Å²) in [4.78, 5) is 13.7. The van der Waals surface area contributed by atoms with Gasteiger partial charge in [-0.15, -0.1) is 0 Å². The summed E-state index contributed by atoms with van der Waals surface area (Å²) in [5.74, 6) is -2.23. The van der Waals surface area contributed by atoms with Gasteiger partial charge in [0.25, 0.3) is 5.60 Å².